The van der Waals surface area contributed by atoms with E-state index in [9.17, 15) is 4.79 Å². The maximum absolute atomic E-state index is 11.9. The summed E-state index contributed by atoms with van der Waals surface area (Å²) < 4.78 is 0.890. The number of amides is 1. The van der Waals surface area contributed by atoms with Gasteiger partial charge in [-0.25, -0.2) is 0 Å². The normalized spacial score (nSPS) is 16.8. The standard InChI is InChI=1S/C14H13BrN2O/c15-11-6-13(16-8-11)14(18)17-7-10-5-9-3-1-2-4-12(9)10/h1-4,6,8,10,16H,5,7H2,(H,17,18). The smallest absolute Gasteiger partial charge is 0.267 e. The molecule has 1 heterocycles. The van der Waals surface area contributed by atoms with Crippen LogP contribution in [0.25, 0.3) is 0 Å². The van der Waals surface area contributed by atoms with Gasteiger partial charge in [-0.3, -0.25) is 4.79 Å². The van der Waals surface area contributed by atoms with E-state index in [1.165, 1.54) is 11.1 Å². The van der Waals surface area contributed by atoms with E-state index in [4.69, 9.17) is 0 Å². The number of hydrogen-bond acceptors (Lipinski definition) is 1. The van der Waals surface area contributed by atoms with Crippen molar-refractivity contribution in [1.29, 1.82) is 0 Å². The van der Waals surface area contributed by atoms with E-state index in [0.717, 1.165) is 10.9 Å². The number of benzene rings is 1. The lowest BCUT2D eigenvalue weighted by atomic mass is 9.77. The lowest BCUT2D eigenvalue weighted by Gasteiger charge is -2.30. The molecule has 2 aromatic rings. The van der Waals surface area contributed by atoms with Gasteiger partial charge in [0.1, 0.15) is 5.69 Å². The van der Waals surface area contributed by atoms with Crippen molar-refractivity contribution in [2.75, 3.05) is 6.54 Å². The van der Waals surface area contributed by atoms with Crippen LogP contribution in [-0.4, -0.2) is 17.4 Å². The molecular formula is C14H13BrN2O. The highest BCUT2D eigenvalue weighted by Crippen LogP contribution is 2.33. The van der Waals surface area contributed by atoms with E-state index in [1.54, 1.807) is 12.3 Å². The van der Waals surface area contributed by atoms with Crippen molar-refractivity contribution < 1.29 is 4.79 Å². The predicted molar refractivity (Wildman–Crippen MR) is 73.7 cm³/mol. The van der Waals surface area contributed by atoms with Crippen molar-refractivity contribution in [3.05, 3.63) is 57.8 Å². The van der Waals surface area contributed by atoms with E-state index < -0.39 is 0 Å². The van der Waals surface area contributed by atoms with Crippen molar-refractivity contribution >= 4 is 21.8 Å². The highest BCUT2D eigenvalue weighted by molar-refractivity contribution is 9.10. The number of aromatic nitrogens is 1. The molecule has 0 radical (unpaired) electrons. The number of nitrogens with one attached hydrogen (secondary N) is 2. The van der Waals surface area contributed by atoms with Crippen LogP contribution in [0.5, 0.6) is 0 Å². The number of halogens is 1. The van der Waals surface area contributed by atoms with Gasteiger partial charge < -0.3 is 10.3 Å². The molecule has 1 aliphatic carbocycles. The Bertz CT molecular complexity index is 591. The fourth-order valence-electron chi connectivity index (χ4n) is 2.35. The maximum Gasteiger partial charge on any atom is 0.267 e. The Labute approximate surface area is 114 Å². The molecule has 0 fully saturated rings. The summed E-state index contributed by atoms with van der Waals surface area (Å²) in [4.78, 5) is 14.8. The van der Waals surface area contributed by atoms with Crippen LogP contribution < -0.4 is 5.32 Å². The Hall–Kier alpha value is -1.55. The topological polar surface area (TPSA) is 44.9 Å². The van der Waals surface area contributed by atoms with Gasteiger partial charge in [-0.2, -0.15) is 0 Å². The molecule has 0 saturated heterocycles. The zero-order valence-corrected chi connectivity index (χ0v) is 11.3. The Morgan fingerprint density at radius 3 is 3.00 bits per heavy atom. The second-order valence-corrected chi connectivity index (χ2v) is 5.46. The molecule has 0 spiro atoms. The summed E-state index contributed by atoms with van der Waals surface area (Å²) in [5, 5.41) is 2.96. The molecule has 1 aromatic heterocycles. The van der Waals surface area contributed by atoms with Crippen molar-refractivity contribution in [2.24, 2.45) is 0 Å². The molecule has 3 rings (SSSR count). The van der Waals surface area contributed by atoms with E-state index in [2.05, 4.69) is 50.5 Å². The van der Waals surface area contributed by atoms with Crippen LogP contribution in [0.1, 0.15) is 27.5 Å². The fourth-order valence-corrected chi connectivity index (χ4v) is 2.70. The minimum atomic E-state index is -0.0509. The monoisotopic (exact) mass is 304 g/mol. The second kappa shape index (κ2) is 4.61. The van der Waals surface area contributed by atoms with Gasteiger partial charge in [0, 0.05) is 23.1 Å². The van der Waals surface area contributed by atoms with Crippen molar-refractivity contribution in [3.8, 4) is 0 Å². The molecule has 1 aliphatic rings. The quantitative estimate of drug-likeness (QED) is 0.900. The first-order valence-electron chi connectivity index (χ1n) is 5.94. The van der Waals surface area contributed by atoms with E-state index >= 15 is 0 Å². The minimum Gasteiger partial charge on any atom is -0.356 e. The Kier molecular flexibility index (Phi) is 2.96. The highest BCUT2D eigenvalue weighted by atomic mass is 79.9. The molecule has 0 saturated carbocycles. The van der Waals surface area contributed by atoms with E-state index in [1.807, 2.05) is 0 Å². The van der Waals surface area contributed by atoms with Crippen molar-refractivity contribution in [1.82, 2.24) is 10.3 Å². The van der Waals surface area contributed by atoms with Crippen LogP contribution in [-0.2, 0) is 6.42 Å². The summed E-state index contributed by atoms with van der Waals surface area (Å²) in [6.45, 7) is 0.701. The molecule has 1 atom stereocenters. The predicted octanol–water partition coefficient (Wildman–Crippen LogP) is 2.85. The summed E-state index contributed by atoms with van der Waals surface area (Å²) in [6.07, 6.45) is 2.82. The van der Waals surface area contributed by atoms with E-state index in [-0.39, 0.29) is 5.91 Å². The average Bonchev–Trinajstić information content (AvgIpc) is 2.77. The van der Waals surface area contributed by atoms with Crippen LogP contribution in [0, 0.1) is 0 Å². The third kappa shape index (κ3) is 2.08. The molecule has 0 aliphatic heterocycles. The molecule has 1 unspecified atom stereocenters. The number of rotatable bonds is 3. The number of carbonyl (C=O) groups is 1. The first-order chi connectivity index (χ1) is 8.74. The van der Waals surface area contributed by atoms with Gasteiger partial charge in [0.2, 0.25) is 0 Å². The molecule has 1 aromatic carbocycles. The minimum absolute atomic E-state index is 0.0509. The van der Waals surface area contributed by atoms with Crippen LogP contribution >= 0.6 is 15.9 Å². The van der Waals surface area contributed by atoms with Crippen molar-refractivity contribution in [2.45, 2.75) is 12.3 Å². The number of hydrogen-bond donors (Lipinski definition) is 2. The van der Waals surface area contributed by atoms with Gasteiger partial charge in [-0.15, -0.1) is 0 Å². The maximum atomic E-state index is 11.9. The van der Waals surface area contributed by atoms with Crippen LogP contribution in [0.2, 0.25) is 0 Å². The SMILES string of the molecule is O=C(NCC1Cc2ccccc21)c1cc(Br)c[nH]1. The lowest BCUT2D eigenvalue weighted by Crippen LogP contribution is -2.33. The molecule has 3 nitrogen and oxygen atoms in total. The lowest BCUT2D eigenvalue weighted by molar-refractivity contribution is 0.0945. The number of fused-ring (bicyclic) bond motifs is 1. The molecule has 4 heteroatoms. The molecular weight excluding hydrogens is 292 g/mol. The first-order valence-corrected chi connectivity index (χ1v) is 6.73. The molecule has 2 N–H and O–H groups in total. The average molecular weight is 305 g/mol. The van der Waals surface area contributed by atoms with Gasteiger partial charge in [0.05, 0.1) is 0 Å². The largest absolute Gasteiger partial charge is 0.356 e. The number of aromatic amines is 1. The fraction of sp³-hybridized carbons (Fsp3) is 0.214. The van der Waals surface area contributed by atoms with Gasteiger partial charge in [-0.05, 0) is 39.5 Å². The second-order valence-electron chi connectivity index (χ2n) is 4.54. The van der Waals surface area contributed by atoms with Gasteiger partial charge in [0.15, 0.2) is 0 Å². The Morgan fingerprint density at radius 2 is 2.28 bits per heavy atom. The number of carbonyl (C=O) groups excluding carboxylic acids is 1. The summed E-state index contributed by atoms with van der Waals surface area (Å²) in [6, 6.07) is 10.2. The third-order valence-electron chi connectivity index (χ3n) is 3.36. The summed E-state index contributed by atoms with van der Waals surface area (Å²) in [5.74, 6) is 0.411. The zero-order chi connectivity index (χ0) is 12.5. The highest BCUT2D eigenvalue weighted by Gasteiger charge is 2.25. The first kappa shape index (κ1) is 11.5. The zero-order valence-electron chi connectivity index (χ0n) is 9.74. The summed E-state index contributed by atoms with van der Waals surface area (Å²) >= 11 is 3.32. The Balaban J connectivity index is 1.59. The van der Waals surface area contributed by atoms with Gasteiger partial charge in [0.25, 0.3) is 5.91 Å². The molecule has 18 heavy (non-hydrogen) atoms. The molecule has 0 bridgehead atoms. The Morgan fingerprint density at radius 1 is 1.44 bits per heavy atom. The van der Waals surface area contributed by atoms with Crippen LogP contribution in [0.15, 0.2) is 41.0 Å². The third-order valence-corrected chi connectivity index (χ3v) is 3.82. The summed E-state index contributed by atoms with van der Waals surface area (Å²) in [7, 11) is 0. The van der Waals surface area contributed by atoms with Crippen LogP contribution in [0.3, 0.4) is 0 Å². The van der Waals surface area contributed by atoms with Crippen molar-refractivity contribution in [3.63, 3.8) is 0 Å². The molecule has 92 valence electrons. The van der Waals surface area contributed by atoms with E-state index in [0.29, 0.717) is 18.2 Å². The van der Waals surface area contributed by atoms with Crippen LogP contribution in [0.4, 0.5) is 0 Å². The van der Waals surface area contributed by atoms with Gasteiger partial charge in [-0.1, -0.05) is 24.3 Å². The molecule has 1 amide bonds. The van der Waals surface area contributed by atoms with Gasteiger partial charge >= 0.3 is 0 Å². The summed E-state index contributed by atoms with van der Waals surface area (Å²) in [5.41, 5.74) is 3.36. The number of H-pyrrole nitrogens is 1.